The first-order valence-corrected chi connectivity index (χ1v) is 2.83. The van der Waals surface area contributed by atoms with Gasteiger partial charge in [0.05, 0.1) is 12.6 Å². The van der Waals surface area contributed by atoms with E-state index >= 15 is 0 Å². The number of aliphatic imine (C=N–C) groups is 1. The Bertz CT molecular complexity index is 276. The average Bonchev–Trinajstić information content (AvgIpc) is 1.94. The molecular formula is C6H5NO4. The number of allylic oxidation sites excluding steroid dienone is 1. The van der Waals surface area contributed by atoms with Crippen molar-refractivity contribution in [1.82, 2.24) is 0 Å². The number of ketones is 1. The molecule has 0 fully saturated rings. The monoisotopic (exact) mass is 155 g/mol. The number of rotatable bonds is 1. The summed E-state index contributed by atoms with van der Waals surface area (Å²) in [7, 11) is 0. The fourth-order valence-corrected chi connectivity index (χ4v) is 0.630. The highest BCUT2D eigenvalue weighted by Gasteiger charge is 2.20. The number of carbonyl (C=O) groups is 2. The maximum atomic E-state index is 10.6. The molecule has 58 valence electrons. The number of aliphatic hydroxyl groups is 1. The SMILES string of the molecule is O=C(O)C1=NC=C(O)C(=O)C1. The van der Waals surface area contributed by atoms with Crippen LogP contribution in [0.1, 0.15) is 6.42 Å². The second kappa shape index (κ2) is 2.53. The molecule has 0 amide bonds. The van der Waals surface area contributed by atoms with Gasteiger partial charge in [-0.1, -0.05) is 0 Å². The van der Waals surface area contributed by atoms with Crippen LogP contribution in [0.3, 0.4) is 0 Å². The van der Waals surface area contributed by atoms with Crippen LogP contribution in [-0.2, 0) is 9.59 Å². The van der Waals surface area contributed by atoms with Gasteiger partial charge in [0.25, 0.3) is 0 Å². The summed E-state index contributed by atoms with van der Waals surface area (Å²) < 4.78 is 0. The van der Waals surface area contributed by atoms with E-state index < -0.39 is 17.5 Å². The van der Waals surface area contributed by atoms with Gasteiger partial charge in [-0.2, -0.15) is 0 Å². The molecule has 1 rings (SSSR count). The zero-order valence-electron chi connectivity index (χ0n) is 5.44. The lowest BCUT2D eigenvalue weighted by molar-refractivity contribution is -0.130. The largest absolute Gasteiger partial charge is 0.503 e. The van der Waals surface area contributed by atoms with Gasteiger partial charge in [0.2, 0.25) is 5.78 Å². The van der Waals surface area contributed by atoms with Crippen molar-refractivity contribution >= 4 is 17.5 Å². The van der Waals surface area contributed by atoms with E-state index in [2.05, 4.69) is 4.99 Å². The summed E-state index contributed by atoms with van der Waals surface area (Å²) in [5.41, 5.74) is -0.243. The maximum Gasteiger partial charge on any atom is 0.350 e. The van der Waals surface area contributed by atoms with Gasteiger partial charge in [0.1, 0.15) is 5.71 Å². The van der Waals surface area contributed by atoms with E-state index in [1.807, 2.05) is 0 Å². The molecule has 0 aromatic heterocycles. The van der Waals surface area contributed by atoms with Crippen molar-refractivity contribution in [3.05, 3.63) is 12.0 Å². The minimum absolute atomic E-state index is 0.243. The van der Waals surface area contributed by atoms with Crippen LogP contribution in [0, 0.1) is 0 Å². The Morgan fingerprint density at radius 1 is 1.64 bits per heavy atom. The normalized spacial score (nSPS) is 17.3. The average molecular weight is 155 g/mol. The Balaban J connectivity index is 2.90. The van der Waals surface area contributed by atoms with Crippen molar-refractivity contribution < 1.29 is 19.8 Å². The molecule has 1 aliphatic rings. The van der Waals surface area contributed by atoms with Crippen LogP contribution in [-0.4, -0.2) is 27.7 Å². The fraction of sp³-hybridized carbons (Fsp3) is 0.167. The van der Waals surface area contributed by atoms with Gasteiger partial charge in [-0.15, -0.1) is 0 Å². The first-order chi connectivity index (χ1) is 5.11. The van der Waals surface area contributed by atoms with Crippen LogP contribution >= 0.6 is 0 Å². The number of carboxylic acid groups (broad SMARTS) is 1. The molecule has 0 spiro atoms. The van der Waals surface area contributed by atoms with Gasteiger partial charge in [-0.25, -0.2) is 9.79 Å². The van der Waals surface area contributed by atoms with Gasteiger partial charge < -0.3 is 10.2 Å². The minimum Gasteiger partial charge on any atom is -0.503 e. The van der Waals surface area contributed by atoms with Gasteiger partial charge in [-0.05, 0) is 0 Å². The van der Waals surface area contributed by atoms with E-state index in [0.29, 0.717) is 0 Å². The van der Waals surface area contributed by atoms with Gasteiger partial charge in [-0.3, -0.25) is 4.79 Å². The van der Waals surface area contributed by atoms with Crippen LogP contribution < -0.4 is 0 Å². The third-order valence-corrected chi connectivity index (χ3v) is 1.20. The van der Waals surface area contributed by atoms with Gasteiger partial charge in [0, 0.05) is 0 Å². The maximum absolute atomic E-state index is 10.6. The summed E-state index contributed by atoms with van der Waals surface area (Å²) in [5.74, 6) is -2.34. The number of Topliss-reactive ketones (excluding diaryl/α,β-unsaturated/α-hetero) is 1. The molecule has 0 saturated carbocycles. The van der Waals surface area contributed by atoms with E-state index in [1.165, 1.54) is 0 Å². The molecule has 5 nitrogen and oxygen atoms in total. The Morgan fingerprint density at radius 2 is 2.27 bits per heavy atom. The summed E-state index contributed by atoms with van der Waals surface area (Å²) >= 11 is 0. The predicted octanol–water partition coefficient (Wildman–Crippen LogP) is -0.116. The highest BCUT2D eigenvalue weighted by molar-refractivity contribution is 6.40. The van der Waals surface area contributed by atoms with E-state index in [9.17, 15) is 9.59 Å². The lowest BCUT2D eigenvalue weighted by atomic mass is 10.1. The topological polar surface area (TPSA) is 87.0 Å². The number of carbonyl (C=O) groups excluding carboxylic acids is 1. The molecule has 2 N–H and O–H groups in total. The molecule has 1 aliphatic heterocycles. The minimum atomic E-state index is -1.23. The van der Waals surface area contributed by atoms with E-state index in [0.717, 1.165) is 6.20 Å². The van der Waals surface area contributed by atoms with Gasteiger partial charge in [0.15, 0.2) is 5.76 Å². The molecule has 0 aliphatic carbocycles. The number of nitrogens with zero attached hydrogens (tertiary/aromatic N) is 1. The second-order valence-electron chi connectivity index (χ2n) is 2.00. The Morgan fingerprint density at radius 3 is 2.73 bits per heavy atom. The number of aliphatic hydroxyl groups excluding tert-OH is 1. The summed E-state index contributed by atoms with van der Waals surface area (Å²) in [6, 6.07) is 0. The number of hydrogen-bond donors (Lipinski definition) is 2. The molecule has 0 aromatic carbocycles. The molecule has 11 heavy (non-hydrogen) atoms. The lowest BCUT2D eigenvalue weighted by Crippen LogP contribution is -2.21. The van der Waals surface area contributed by atoms with Gasteiger partial charge >= 0.3 is 5.97 Å². The van der Waals surface area contributed by atoms with E-state index in [-0.39, 0.29) is 12.1 Å². The molecule has 0 radical (unpaired) electrons. The standard InChI is InChI=1S/C6H5NO4/c8-4-1-3(6(10)11)7-2-5(4)9/h2,9H,1H2,(H,10,11). The summed E-state index contributed by atoms with van der Waals surface area (Å²) in [6.45, 7) is 0. The molecular weight excluding hydrogens is 150 g/mol. The Hall–Kier alpha value is -1.65. The predicted molar refractivity (Wildman–Crippen MR) is 35.4 cm³/mol. The van der Waals surface area contributed by atoms with Crippen molar-refractivity contribution in [2.45, 2.75) is 6.42 Å². The number of hydrogen-bond acceptors (Lipinski definition) is 4. The fourth-order valence-electron chi connectivity index (χ4n) is 0.630. The van der Waals surface area contributed by atoms with Crippen LogP contribution in [0.5, 0.6) is 0 Å². The zero-order chi connectivity index (χ0) is 8.43. The Kier molecular flexibility index (Phi) is 1.72. The smallest absolute Gasteiger partial charge is 0.350 e. The van der Waals surface area contributed by atoms with Crippen molar-refractivity contribution in [1.29, 1.82) is 0 Å². The Labute approximate surface area is 61.7 Å². The van der Waals surface area contributed by atoms with Crippen molar-refractivity contribution in [3.8, 4) is 0 Å². The third-order valence-electron chi connectivity index (χ3n) is 1.20. The second-order valence-corrected chi connectivity index (χ2v) is 2.00. The highest BCUT2D eigenvalue weighted by Crippen LogP contribution is 2.05. The zero-order valence-corrected chi connectivity index (χ0v) is 5.44. The quantitative estimate of drug-likeness (QED) is 0.552. The molecule has 0 atom stereocenters. The summed E-state index contributed by atoms with van der Waals surface area (Å²) in [6.07, 6.45) is 0.507. The van der Waals surface area contributed by atoms with Crippen molar-refractivity contribution in [2.75, 3.05) is 0 Å². The molecule has 0 aromatic rings. The first kappa shape index (κ1) is 7.46. The van der Waals surface area contributed by atoms with Crippen molar-refractivity contribution in [2.24, 2.45) is 4.99 Å². The molecule has 0 unspecified atom stereocenters. The van der Waals surface area contributed by atoms with Crippen LogP contribution in [0.2, 0.25) is 0 Å². The molecule has 5 heteroatoms. The lowest BCUT2D eigenvalue weighted by Gasteiger charge is -2.03. The molecule has 0 saturated heterocycles. The summed E-state index contributed by atoms with van der Waals surface area (Å²) in [4.78, 5) is 24.2. The number of aliphatic carboxylic acids is 1. The van der Waals surface area contributed by atoms with Crippen LogP contribution in [0.25, 0.3) is 0 Å². The van der Waals surface area contributed by atoms with Crippen molar-refractivity contribution in [3.63, 3.8) is 0 Å². The summed E-state index contributed by atoms with van der Waals surface area (Å²) in [5, 5.41) is 17.0. The molecule has 1 heterocycles. The number of carboxylic acids is 1. The first-order valence-electron chi connectivity index (χ1n) is 2.83. The van der Waals surface area contributed by atoms with E-state index in [1.54, 1.807) is 0 Å². The van der Waals surface area contributed by atoms with Crippen LogP contribution in [0.15, 0.2) is 17.0 Å². The van der Waals surface area contributed by atoms with E-state index in [4.69, 9.17) is 10.2 Å². The molecule has 0 bridgehead atoms. The van der Waals surface area contributed by atoms with Crippen LogP contribution in [0.4, 0.5) is 0 Å². The highest BCUT2D eigenvalue weighted by atomic mass is 16.4. The third kappa shape index (κ3) is 1.43.